The van der Waals surface area contributed by atoms with Crippen molar-refractivity contribution in [1.82, 2.24) is 0 Å². The van der Waals surface area contributed by atoms with Crippen molar-refractivity contribution in [2.24, 2.45) is 0 Å². The first-order chi connectivity index (χ1) is 0. The molecule has 0 rings (SSSR count). The summed E-state index contributed by atoms with van der Waals surface area (Å²) in [7, 11) is 0. The molecule has 4 heteroatoms. The molecule has 0 aromatic rings. The summed E-state index contributed by atoms with van der Waals surface area (Å²) >= 11 is 0. The predicted molar refractivity (Wildman–Crippen MR) is 4.73 cm³/mol. The summed E-state index contributed by atoms with van der Waals surface area (Å²) in [4.78, 5) is 0. The second kappa shape index (κ2) is 19.2. The first kappa shape index (κ1) is 35.4. The van der Waals surface area contributed by atoms with Crippen LogP contribution in [-0.4, -0.2) is 5.48 Å². The van der Waals surface area contributed by atoms with E-state index in [0.717, 1.165) is 0 Å². The zero-order chi connectivity index (χ0) is 0. The molecule has 0 aromatic carbocycles. The molecule has 26 valence electrons. The van der Waals surface area contributed by atoms with E-state index in [-0.39, 0.29) is 74.0 Å². The quantitative estimate of drug-likeness (QED) is 0.357. The van der Waals surface area contributed by atoms with Gasteiger partial charge in [0.1, 0.15) is 0 Å². The molecule has 0 heterocycles. The molecular weight excluding hydrogens is 194 g/mol. The van der Waals surface area contributed by atoms with Gasteiger partial charge in [0.05, 0.1) is 0 Å². The Bertz CT molecular complexity index is 11.6. The summed E-state index contributed by atoms with van der Waals surface area (Å²) < 4.78 is 0. The SMILES string of the molecule is O.[H-].[Mo].[Na+].[Ni]. The van der Waals surface area contributed by atoms with Crippen LogP contribution in [-0.2, 0) is 37.6 Å². The van der Waals surface area contributed by atoms with Gasteiger partial charge in [0.2, 0.25) is 0 Å². The third kappa shape index (κ3) is 8.91. The maximum Gasteiger partial charge on any atom is 1.00 e. The molecule has 2 N–H and O–H groups in total. The van der Waals surface area contributed by atoms with E-state index in [1.165, 1.54) is 0 Å². The summed E-state index contributed by atoms with van der Waals surface area (Å²) in [5.74, 6) is 0. The van der Waals surface area contributed by atoms with Crippen molar-refractivity contribution in [3.8, 4) is 0 Å². The Hall–Kier alpha value is 2.14. The molecule has 0 aromatic heterocycles. The predicted octanol–water partition coefficient (Wildman–Crippen LogP) is -3.71. The van der Waals surface area contributed by atoms with Crippen molar-refractivity contribution in [3.05, 3.63) is 0 Å². The van der Waals surface area contributed by atoms with E-state index in [1.807, 2.05) is 0 Å². The largest absolute Gasteiger partial charge is 1.00 e. The number of hydrogen-bond donors (Lipinski definition) is 0. The van der Waals surface area contributed by atoms with Crippen LogP contribution in [0.5, 0.6) is 0 Å². The van der Waals surface area contributed by atoms with Gasteiger partial charge >= 0.3 is 29.6 Å². The number of rotatable bonds is 0. The maximum atomic E-state index is 0. The van der Waals surface area contributed by atoms with Crippen LogP contribution < -0.4 is 29.6 Å². The third-order valence-electron chi connectivity index (χ3n) is 0. The average molecular weight is 197 g/mol. The van der Waals surface area contributed by atoms with E-state index in [2.05, 4.69) is 0 Å². The van der Waals surface area contributed by atoms with Gasteiger partial charge in [0.15, 0.2) is 0 Å². The zero-order valence-corrected chi connectivity index (χ0v) is 7.22. The van der Waals surface area contributed by atoms with Crippen molar-refractivity contribution in [1.29, 1.82) is 0 Å². The van der Waals surface area contributed by atoms with Gasteiger partial charge in [0, 0.05) is 37.6 Å². The first-order valence-corrected chi connectivity index (χ1v) is 0. The van der Waals surface area contributed by atoms with Crippen LogP contribution >= 0.6 is 0 Å². The minimum absolute atomic E-state index is 0. The molecule has 0 aliphatic carbocycles. The van der Waals surface area contributed by atoms with Gasteiger partial charge in [-0.05, 0) is 0 Å². The molecule has 0 unspecified atom stereocenters. The molecular formula is H3MoNaNiO. The molecule has 0 aliphatic heterocycles. The summed E-state index contributed by atoms with van der Waals surface area (Å²) in [5, 5.41) is 0. The van der Waals surface area contributed by atoms with Gasteiger partial charge in [-0.3, -0.25) is 0 Å². The Kier molecular flexibility index (Phi) is 170. The van der Waals surface area contributed by atoms with E-state index in [0.29, 0.717) is 0 Å². The van der Waals surface area contributed by atoms with Gasteiger partial charge < -0.3 is 6.90 Å². The van der Waals surface area contributed by atoms with Crippen LogP contribution in [0.1, 0.15) is 1.43 Å². The van der Waals surface area contributed by atoms with E-state index in [4.69, 9.17) is 0 Å². The van der Waals surface area contributed by atoms with Crippen molar-refractivity contribution in [3.63, 3.8) is 0 Å². The van der Waals surface area contributed by atoms with Gasteiger partial charge in [-0.2, -0.15) is 0 Å². The standard InChI is InChI=1S/Mo.Na.Ni.H2O.H/h;;;1H2;/q;+1;;;-1. The van der Waals surface area contributed by atoms with Crippen molar-refractivity contribution >= 4 is 0 Å². The van der Waals surface area contributed by atoms with Gasteiger partial charge in [-0.1, -0.05) is 0 Å². The minimum atomic E-state index is 0. The first-order valence-electron chi connectivity index (χ1n) is 0. The smallest absolute Gasteiger partial charge is 1.00 e. The second-order valence-corrected chi connectivity index (χ2v) is 0. The van der Waals surface area contributed by atoms with Crippen molar-refractivity contribution < 1.29 is 74.0 Å². The van der Waals surface area contributed by atoms with Crippen molar-refractivity contribution in [2.75, 3.05) is 0 Å². The van der Waals surface area contributed by atoms with Crippen LogP contribution in [0.25, 0.3) is 0 Å². The third-order valence-corrected chi connectivity index (χ3v) is 0. The van der Waals surface area contributed by atoms with Gasteiger partial charge in [-0.25, -0.2) is 0 Å². The summed E-state index contributed by atoms with van der Waals surface area (Å²) in [6, 6.07) is 0. The maximum absolute atomic E-state index is 0. The van der Waals surface area contributed by atoms with Crippen LogP contribution in [0.4, 0.5) is 0 Å². The molecule has 0 bridgehead atoms. The summed E-state index contributed by atoms with van der Waals surface area (Å²) in [5.41, 5.74) is 0. The summed E-state index contributed by atoms with van der Waals surface area (Å²) in [6.45, 7) is 0. The van der Waals surface area contributed by atoms with Crippen LogP contribution in [0.15, 0.2) is 0 Å². The molecule has 0 aliphatic rings. The molecule has 0 spiro atoms. The molecule has 0 saturated heterocycles. The fourth-order valence-electron chi connectivity index (χ4n) is 0. The molecule has 0 saturated carbocycles. The van der Waals surface area contributed by atoms with Crippen LogP contribution in [0.2, 0.25) is 0 Å². The molecule has 0 amide bonds. The average Bonchev–Trinajstić information content (AvgIpc) is 0. The molecule has 0 fully saturated rings. The Morgan fingerprint density at radius 1 is 1.25 bits per heavy atom. The zero-order valence-electron chi connectivity index (χ0n) is 3.22. The van der Waals surface area contributed by atoms with Gasteiger partial charge in [0.25, 0.3) is 0 Å². The van der Waals surface area contributed by atoms with Crippen LogP contribution in [0, 0.1) is 0 Å². The van der Waals surface area contributed by atoms with E-state index in [9.17, 15) is 0 Å². The van der Waals surface area contributed by atoms with Crippen molar-refractivity contribution in [2.45, 2.75) is 0 Å². The Morgan fingerprint density at radius 3 is 1.25 bits per heavy atom. The van der Waals surface area contributed by atoms with Crippen LogP contribution in [0.3, 0.4) is 0 Å². The van der Waals surface area contributed by atoms with Gasteiger partial charge in [-0.15, -0.1) is 0 Å². The fraction of sp³-hybridized carbons (Fsp3) is 0. The summed E-state index contributed by atoms with van der Waals surface area (Å²) in [6.07, 6.45) is 0. The second-order valence-electron chi connectivity index (χ2n) is 0. The monoisotopic (exact) mass is 198 g/mol. The normalized spacial score (nSPS) is 0. The Balaban J connectivity index is 0. The Morgan fingerprint density at radius 2 is 1.25 bits per heavy atom. The van der Waals surface area contributed by atoms with E-state index >= 15 is 0 Å². The van der Waals surface area contributed by atoms with E-state index < -0.39 is 0 Å². The number of hydrogen-bond acceptors (Lipinski definition) is 0. The Labute approximate surface area is 73.2 Å². The fourth-order valence-corrected chi connectivity index (χ4v) is 0. The molecule has 4 heavy (non-hydrogen) atoms. The molecule has 0 atom stereocenters. The topological polar surface area (TPSA) is 31.5 Å². The minimum Gasteiger partial charge on any atom is -1.00 e. The van der Waals surface area contributed by atoms with E-state index in [1.54, 1.807) is 0 Å². The molecule has 0 radical (unpaired) electrons. The molecule has 1 nitrogen and oxygen atoms in total.